The number of nitrogens with zero attached hydrogens (tertiary/aromatic N) is 1. The van der Waals surface area contributed by atoms with Crippen molar-refractivity contribution in [1.29, 1.82) is 0 Å². The van der Waals surface area contributed by atoms with E-state index in [1.165, 1.54) is 11.3 Å². The van der Waals surface area contributed by atoms with Gasteiger partial charge in [0.1, 0.15) is 5.75 Å². The molecule has 3 nitrogen and oxygen atoms in total. The number of nitrogen functional groups attached to an aromatic ring is 1. The monoisotopic (exact) mass is 236 g/mol. The Hall–Kier alpha value is -1.29. The van der Waals surface area contributed by atoms with Gasteiger partial charge < -0.3 is 10.5 Å². The molecule has 0 aliphatic heterocycles. The fourth-order valence-corrected chi connectivity index (χ4v) is 2.61. The molecular weight excluding hydrogens is 220 g/mol. The van der Waals surface area contributed by atoms with Gasteiger partial charge in [-0.25, -0.2) is 4.98 Å². The molecule has 0 spiro atoms. The second-order valence-electron chi connectivity index (χ2n) is 3.89. The van der Waals surface area contributed by atoms with Crippen molar-refractivity contribution in [3.05, 3.63) is 17.2 Å². The average molecular weight is 236 g/mol. The molecule has 4 heteroatoms. The predicted molar refractivity (Wildman–Crippen MR) is 69.3 cm³/mol. The number of aromatic nitrogens is 1. The van der Waals surface area contributed by atoms with Gasteiger partial charge >= 0.3 is 0 Å². The minimum atomic E-state index is 0.619. The third-order valence-corrected chi connectivity index (χ3v) is 3.54. The van der Waals surface area contributed by atoms with Crippen LogP contribution < -0.4 is 10.5 Å². The first-order valence-corrected chi connectivity index (χ1v) is 6.24. The van der Waals surface area contributed by atoms with E-state index in [9.17, 15) is 0 Å². The van der Waals surface area contributed by atoms with Crippen molar-refractivity contribution in [3.8, 4) is 5.75 Å². The highest BCUT2D eigenvalue weighted by Gasteiger charge is 2.11. The molecule has 0 saturated carbocycles. The van der Waals surface area contributed by atoms with Gasteiger partial charge in [0, 0.05) is 5.56 Å². The van der Waals surface area contributed by atoms with Gasteiger partial charge in [0.2, 0.25) is 0 Å². The summed E-state index contributed by atoms with van der Waals surface area (Å²) in [5, 5.41) is 0.619. The van der Waals surface area contributed by atoms with E-state index in [1.807, 2.05) is 13.0 Å². The Morgan fingerprint density at radius 2 is 2.19 bits per heavy atom. The van der Waals surface area contributed by atoms with Gasteiger partial charge in [0.15, 0.2) is 5.13 Å². The van der Waals surface area contributed by atoms with Crippen LogP contribution >= 0.6 is 11.3 Å². The standard InChI is InChI=1S/C12H16N2OS/c1-4-5-15-9-6-7(2)10-11(8(9)3)16-12(13)14-10/h6H,4-5H2,1-3H3,(H2,13,14). The molecule has 0 saturated heterocycles. The van der Waals surface area contributed by atoms with Gasteiger partial charge in [-0.2, -0.15) is 0 Å². The topological polar surface area (TPSA) is 48.1 Å². The maximum Gasteiger partial charge on any atom is 0.181 e. The number of aryl methyl sites for hydroxylation is 2. The maximum atomic E-state index is 5.75. The Morgan fingerprint density at radius 3 is 2.88 bits per heavy atom. The van der Waals surface area contributed by atoms with Gasteiger partial charge in [-0.1, -0.05) is 18.3 Å². The summed E-state index contributed by atoms with van der Waals surface area (Å²) in [6.07, 6.45) is 1.02. The van der Waals surface area contributed by atoms with Crippen LogP contribution in [0.5, 0.6) is 5.75 Å². The molecule has 16 heavy (non-hydrogen) atoms. The van der Waals surface area contributed by atoms with Crippen LogP contribution in [0.25, 0.3) is 10.2 Å². The number of hydrogen-bond acceptors (Lipinski definition) is 4. The third kappa shape index (κ3) is 1.85. The Labute approximate surface area is 99.3 Å². The number of benzene rings is 1. The zero-order valence-corrected chi connectivity index (χ0v) is 10.6. The third-order valence-electron chi connectivity index (χ3n) is 2.54. The highest BCUT2D eigenvalue weighted by molar-refractivity contribution is 7.22. The summed E-state index contributed by atoms with van der Waals surface area (Å²) in [6.45, 7) is 6.95. The number of anilines is 1. The van der Waals surface area contributed by atoms with E-state index in [0.29, 0.717) is 5.13 Å². The first-order valence-electron chi connectivity index (χ1n) is 5.42. The lowest BCUT2D eigenvalue weighted by molar-refractivity contribution is 0.316. The second kappa shape index (κ2) is 4.29. The lowest BCUT2D eigenvalue weighted by Crippen LogP contribution is -1.97. The molecule has 1 aromatic heterocycles. The molecule has 1 heterocycles. The van der Waals surface area contributed by atoms with Crippen molar-refractivity contribution in [1.82, 2.24) is 4.98 Å². The van der Waals surface area contributed by atoms with Crippen molar-refractivity contribution in [2.24, 2.45) is 0 Å². The first kappa shape index (κ1) is 11.2. The summed E-state index contributed by atoms with van der Waals surface area (Å²) in [5.41, 5.74) is 9.02. The Bertz CT molecular complexity index is 519. The van der Waals surface area contributed by atoms with Crippen LogP contribution in [0.2, 0.25) is 0 Å². The first-order chi connectivity index (χ1) is 7.63. The molecule has 0 atom stereocenters. The molecule has 2 aromatic rings. The van der Waals surface area contributed by atoms with Crippen molar-refractivity contribution < 1.29 is 4.74 Å². The van der Waals surface area contributed by atoms with Gasteiger partial charge in [-0.3, -0.25) is 0 Å². The summed E-state index contributed by atoms with van der Waals surface area (Å²) < 4.78 is 6.86. The van der Waals surface area contributed by atoms with Crippen LogP contribution in [-0.2, 0) is 0 Å². The normalized spacial score (nSPS) is 10.9. The molecule has 0 radical (unpaired) electrons. The van der Waals surface area contributed by atoms with E-state index in [-0.39, 0.29) is 0 Å². The van der Waals surface area contributed by atoms with E-state index < -0.39 is 0 Å². The van der Waals surface area contributed by atoms with E-state index >= 15 is 0 Å². The molecule has 86 valence electrons. The quantitative estimate of drug-likeness (QED) is 0.889. The van der Waals surface area contributed by atoms with Crippen molar-refractivity contribution in [3.63, 3.8) is 0 Å². The molecule has 2 rings (SSSR count). The smallest absolute Gasteiger partial charge is 0.181 e. The Kier molecular flexibility index (Phi) is 3.01. The lowest BCUT2D eigenvalue weighted by atomic mass is 10.1. The number of thiazole rings is 1. The summed E-state index contributed by atoms with van der Waals surface area (Å²) >= 11 is 1.53. The summed E-state index contributed by atoms with van der Waals surface area (Å²) in [5.74, 6) is 0.954. The number of fused-ring (bicyclic) bond motifs is 1. The molecule has 0 bridgehead atoms. The highest BCUT2D eigenvalue weighted by atomic mass is 32.1. The van der Waals surface area contributed by atoms with E-state index in [2.05, 4.69) is 18.8 Å². The molecule has 0 amide bonds. The van der Waals surface area contributed by atoms with Gasteiger partial charge in [-0.05, 0) is 31.9 Å². The largest absolute Gasteiger partial charge is 0.493 e. The fourth-order valence-electron chi connectivity index (χ4n) is 1.71. The van der Waals surface area contributed by atoms with Gasteiger partial charge in [-0.15, -0.1) is 0 Å². The van der Waals surface area contributed by atoms with Crippen LogP contribution in [0.3, 0.4) is 0 Å². The number of nitrogens with two attached hydrogens (primary N) is 1. The van der Waals surface area contributed by atoms with Crippen LogP contribution in [0.1, 0.15) is 24.5 Å². The van der Waals surface area contributed by atoms with E-state index in [4.69, 9.17) is 10.5 Å². The minimum Gasteiger partial charge on any atom is -0.493 e. The van der Waals surface area contributed by atoms with E-state index in [1.54, 1.807) is 0 Å². The molecule has 1 aromatic carbocycles. The molecular formula is C12H16N2OS. The van der Waals surface area contributed by atoms with Crippen LogP contribution in [-0.4, -0.2) is 11.6 Å². The van der Waals surface area contributed by atoms with Crippen LogP contribution in [0.4, 0.5) is 5.13 Å². The molecule has 0 aliphatic rings. The zero-order valence-electron chi connectivity index (χ0n) is 9.83. The Morgan fingerprint density at radius 1 is 1.44 bits per heavy atom. The lowest BCUT2D eigenvalue weighted by Gasteiger charge is -2.09. The highest BCUT2D eigenvalue weighted by Crippen LogP contribution is 2.35. The van der Waals surface area contributed by atoms with Gasteiger partial charge in [0.05, 0.1) is 16.8 Å². The zero-order chi connectivity index (χ0) is 11.7. The Balaban J connectivity index is 2.55. The van der Waals surface area contributed by atoms with Crippen LogP contribution in [0, 0.1) is 13.8 Å². The van der Waals surface area contributed by atoms with Crippen molar-refractivity contribution in [2.45, 2.75) is 27.2 Å². The summed E-state index contributed by atoms with van der Waals surface area (Å²) in [6, 6.07) is 2.05. The van der Waals surface area contributed by atoms with Crippen LogP contribution in [0.15, 0.2) is 6.07 Å². The minimum absolute atomic E-state index is 0.619. The molecule has 2 N–H and O–H groups in total. The van der Waals surface area contributed by atoms with E-state index in [0.717, 1.165) is 40.1 Å². The van der Waals surface area contributed by atoms with Crippen molar-refractivity contribution in [2.75, 3.05) is 12.3 Å². The number of hydrogen-bond donors (Lipinski definition) is 1. The predicted octanol–water partition coefficient (Wildman–Crippen LogP) is 3.28. The average Bonchev–Trinajstić information content (AvgIpc) is 2.64. The molecule has 0 aliphatic carbocycles. The molecule has 0 unspecified atom stereocenters. The second-order valence-corrected chi connectivity index (χ2v) is 4.93. The molecule has 0 fully saturated rings. The number of ether oxygens (including phenoxy) is 1. The SMILES string of the molecule is CCCOc1cc(C)c2nc(N)sc2c1C. The maximum absolute atomic E-state index is 5.75. The van der Waals surface area contributed by atoms with Crippen molar-refractivity contribution >= 4 is 26.7 Å². The summed E-state index contributed by atoms with van der Waals surface area (Å²) in [4.78, 5) is 4.34. The summed E-state index contributed by atoms with van der Waals surface area (Å²) in [7, 11) is 0. The number of rotatable bonds is 3. The fraction of sp³-hybridized carbons (Fsp3) is 0.417. The van der Waals surface area contributed by atoms with Gasteiger partial charge in [0.25, 0.3) is 0 Å².